The summed E-state index contributed by atoms with van der Waals surface area (Å²) in [5.41, 5.74) is 39.7. The Balaban J connectivity index is 0.000000105. The lowest BCUT2D eigenvalue weighted by Crippen LogP contribution is -2.17. The van der Waals surface area contributed by atoms with Gasteiger partial charge in [0.25, 0.3) is 0 Å². The molecule has 4 aliphatic rings. The predicted molar refractivity (Wildman–Crippen MR) is 529 cm³/mol. The number of nitrogens with zero attached hydrogens (tertiary/aromatic N) is 6. The summed E-state index contributed by atoms with van der Waals surface area (Å²) in [6.45, 7) is 18.5. The zero-order valence-corrected chi connectivity index (χ0v) is 72.5. The number of hydrogen-bond donors (Lipinski definition) is 0. The van der Waals surface area contributed by atoms with Gasteiger partial charge in [0.15, 0.2) is 11.6 Å². The van der Waals surface area contributed by atoms with Gasteiger partial charge in [0.1, 0.15) is 33.5 Å². The van der Waals surface area contributed by atoms with Gasteiger partial charge in [-0.1, -0.05) is 310 Å². The summed E-state index contributed by atoms with van der Waals surface area (Å²) in [4.78, 5) is 30.6. The lowest BCUT2D eigenvalue weighted by molar-refractivity contribution is 0.620. The Morgan fingerprint density at radius 1 is 0.225 bits per heavy atom. The first kappa shape index (κ1) is 75.7. The molecule has 23 aromatic rings. The standard InChI is InChI=1S/C44H32N2O.C39H26N2O.C37H26N2O/c1-43(2)34-17-8-5-12-26(34)33-24-25(20-23-35(33)43)40-31-14-6-9-18-36(31)45-42(46-40)32-16-11-15-28-29-21-22-30-27-13-7-10-19-37(27)47-41(30)39(29)44(3,4)38(28)32;1-39(2)30-13-7-5-11-27(30)35-31(39)19-20-33-36(35)29-18-17-26(22-34(29)42-33)38-40-32-14-8-6-12-28(32)37(41-38)25-16-15-23-9-3-4-10-24(23)21-25;1-37(2)30-16-15-24(18-27(30)28-21-29-26-12-6-7-14-35(26)40-36(29)22-31(28)37)34-20-25(32-13-8-9-17-38-32)19-33(39-34)23-10-4-3-5-11-23/h5-24H,1-4H3;3-22H,1-2H3;3-22H,1-2H3. The number of hydrogen-bond acceptors (Lipinski definition) is 9. The average Bonchev–Trinajstić information content (AvgIpc) is 1.54. The Morgan fingerprint density at radius 2 is 0.744 bits per heavy atom. The van der Waals surface area contributed by atoms with Crippen molar-refractivity contribution in [2.75, 3.05) is 0 Å². The SMILES string of the molecule is CC1(C)c2ccc(-c3cc(-c4ccccn4)cc(-c4ccccc4)n3)cc2-c2cc3c(cc21)oc1ccccc13.CC1(C)c2ccccc2-c2c1ccc1oc3cc(-c4nc(-c5ccc6ccccc6c5)c5ccccc5n4)ccc3c21.CC1(C)c2ccccc2-c2cc(-c3nc(-c4cccc5c4C(C)(C)c4c-5ccc5c4oc4ccccc45)nc4ccccc34)ccc21. The fraction of sp³-hybridized carbons (Fsp3) is 0.100. The van der Waals surface area contributed by atoms with Gasteiger partial charge in [0.2, 0.25) is 0 Å². The molecule has 0 unspecified atom stereocenters. The predicted octanol–water partition coefficient (Wildman–Crippen LogP) is 31.5. The molecule has 0 N–H and O–H groups in total. The van der Waals surface area contributed by atoms with Gasteiger partial charge in [0, 0.05) is 115 Å². The van der Waals surface area contributed by atoms with Gasteiger partial charge < -0.3 is 13.3 Å². The average molecular weight is 1660 g/mol. The fourth-order valence-corrected chi connectivity index (χ4v) is 21.9. The number of benzene rings is 16. The summed E-state index contributed by atoms with van der Waals surface area (Å²) in [7, 11) is 0. The van der Waals surface area contributed by atoms with Gasteiger partial charge in [-0.15, -0.1) is 0 Å². The Labute approximate surface area is 745 Å². The van der Waals surface area contributed by atoms with Crippen molar-refractivity contribution in [2.45, 2.75) is 77.0 Å². The molecule has 9 heteroatoms. The third-order valence-corrected chi connectivity index (χ3v) is 28.2. The summed E-state index contributed by atoms with van der Waals surface area (Å²) >= 11 is 0. The van der Waals surface area contributed by atoms with Crippen LogP contribution in [0.4, 0.5) is 0 Å². The Morgan fingerprint density at radius 3 is 1.50 bits per heavy atom. The van der Waals surface area contributed by atoms with Gasteiger partial charge in [-0.3, -0.25) is 4.98 Å². The van der Waals surface area contributed by atoms with Gasteiger partial charge in [-0.2, -0.15) is 0 Å². The van der Waals surface area contributed by atoms with E-state index in [-0.39, 0.29) is 21.7 Å². The molecule has 0 fully saturated rings. The molecule has 612 valence electrons. The zero-order valence-electron chi connectivity index (χ0n) is 72.5. The summed E-state index contributed by atoms with van der Waals surface area (Å²) in [5, 5.41) is 11.4. The molecule has 0 amide bonds. The first-order valence-electron chi connectivity index (χ1n) is 44.5. The van der Waals surface area contributed by atoms with E-state index in [0.29, 0.717) is 5.82 Å². The van der Waals surface area contributed by atoms with Crippen LogP contribution in [0.1, 0.15) is 99.9 Å². The third-order valence-electron chi connectivity index (χ3n) is 28.2. The minimum atomic E-state index is -0.327. The second-order valence-electron chi connectivity index (χ2n) is 37.1. The van der Waals surface area contributed by atoms with E-state index in [1.807, 2.05) is 54.7 Å². The molecule has 0 radical (unpaired) electrons. The maximum Gasteiger partial charge on any atom is 0.160 e. The highest BCUT2D eigenvalue weighted by Gasteiger charge is 2.43. The van der Waals surface area contributed by atoms with Crippen molar-refractivity contribution in [3.8, 4) is 124 Å². The third kappa shape index (κ3) is 11.7. The van der Waals surface area contributed by atoms with E-state index in [9.17, 15) is 0 Å². The van der Waals surface area contributed by atoms with Crippen molar-refractivity contribution >= 4 is 98.4 Å². The summed E-state index contributed by atoms with van der Waals surface area (Å²) in [5.74, 6) is 1.44. The molecule has 0 atom stereocenters. The van der Waals surface area contributed by atoms with E-state index in [1.165, 1.54) is 105 Å². The summed E-state index contributed by atoms with van der Waals surface area (Å²) < 4.78 is 19.4. The van der Waals surface area contributed by atoms with Crippen molar-refractivity contribution < 1.29 is 13.3 Å². The quantitative estimate of drug-likeness (QED) is 0.154. The minimum absolute atomic E-state index is 0.0419. The number of para-hydroxylation sites is 4. The van der Waals surface area contributed by atoms with Crippen LogP contribution in [0.3, 0.4) is 0 Å². The lowest BCUT2D eigenvalue weighted by Gasteiger charge is -2.24. The van der Waals surface area contributed by atoms with Crippen LogP contribution in [0.15, 0.2) is 377 Å². The monoisotopic (exact) mass is 1660 g/mol. The van der Waals surface area contributed by atoms with Gasteiger partial charge in [-0.25, -0.2) is 24.9 Å². The van der Waals surface area contributed by atoms with Crippen molar-refractivity contribution in [2.24, 2.45) is 0 Å². The maximum atomic E-state index is 6.59. The molecule has 4 aliphatic carbocycles. The van der Waals surface area contributed by atoms with Crippen molar-refractivity contribution in [3.05, 3.63) is 409 Å². The number of fused-ring (bicyclic) bond motifs is 26. The molecule has 7 aromatic heterocycles. The number of aromatic nitrogens is 6. The van der Waals surface area contributed by atoms with E-state index < -0.39 is 0 Å². The highest BCUT2D eigenvalue weighted by molar-refractivity contribution is 6.16. The number of rotatable bonds is 7. The molecule has 0 spiro atoms. The van der Waals surface area contributed by atoms with Crippen LogP contribution in [0.25, 0.3) is 222 Å². The van der Waals surface area contributed by atoms with Crippen LogP contribution in [-0.4, -0.2) is 29.9 Å². The molecule has 16 aromatic carbocycles. The molecule has 0 aliphatic heterocycles. The van der Waals surface area contributed by atoms with Crippen molar-refractivity contribution in [1.29, 1.82) is 0 Å². The Kier molecular flexibility index (Phi) is 16.6. The van der Waals surface area contributed by atoms with E-state index in [4.69, 9.17) is 38.2 Å². The molecular formula is C120H84N6O3. The minimum Gasteiger partial charge on any atom is -0.456 e. The Bertz CT molecular complexity index is 8640. The van der Waals surface area contributed by atoms with Gasteiger partial charge in [-0.05, 0) is 197 Å². The maximum absolute atomic E-state index is 6.59. The van der Waals surface area contributed by atoms with E-state index in [0.717, 1.165) is 155 Å². The largest absolute Gasteiger partial charge is 0.456 e. The Hall–Kier alpha value is -15.8. The normalized spacial score (nSPS) is 14.1. The van der Waals surface area contributed by atoms with Gasteiger partial charge >= 0.3 is 0 Å². The molecular weight excluding hydrogens is 1570 g/mol. The second-order valence-corrected chi connectivity index (χ2v) is 37.1. The molecule has 27 rings (SSSR count). The van der Waals surface area contributed by atoms with Crippen LogP contribution in [0.5, 0.6) is 0 Å². The van der Waals surface area contributed by atoms with E-state index in [2.05, 4.69) is 370 Å². The smallest absolute Gasteiger partial charge is 0.160 e. The topological polar surface area (TPSA) is 117 Å². The zero-order chi connectivity index (χ0) is 86.5. The van der Waals surface area contributed by atoms with Gasteiger partial charge in [0.05, 0.1) is 39.5 Å². The number of furan rings is 3. The van der Waals surface area contributed by atoms with Crippen LogP contribution in [-0.2, 0) is 21.7 Å². The summed E-state index contributed by atoms with van der Waals surface area (Å²) in [6.07, 6.45) is 1.84. The lowest BCUT2D eigenvalue weighted by atomic mass is 9.79. The van der Waals surface area contributed by atoms with Crippen LogP contribution >= 0.6 is 0 Å². The fourth-order valence-electron chi connectivity index (χ4n) is 21.9. The van der Waals surface area contributed by atoms with E-state index in [1.54, 1.807) is 0 Å². The second kappa shape index (κ2) is 28.3. The molecule has 0 saturated heterocycles. The first-order chi connectivity index (χ1) is 62.9. The first-order valence-corrected chi connectivity index (χ1v) is 44.5. The van der Waals surface area contributed by atoms with Crippen LogP contribution < -0.4 is 0 Å². The van der Waals surface area contributed by atoms with Crippen molar-refractivity contribution in [3.63, 3.8) is 0 Å². The molecule has 9 nitrogen and oxygen atoms in total. The molecule has 129 heavy (non-hydrogen) atoms. The summed E-state index contributed by atoms with van der Waals surface area (Å²) in [6, 6.07) is 127. The molecule has 0 bridgehead atoms. The van der Waals surface area contributed by atoms with Crippen molar-refractivity contribution in [1.82, 2.24) is 29.9 Å². The highest BCUT2D eigenvalue weighted by Crippen LogP contribution is 2.59. The van der Waals surface area contributed by atoms with Crippen LogP contribution in [0, 0.1) is 0 Å². The van der Waals surface area contributed by atoms with Crippen LogP contribution in [0.2, 0.25) is 0 Å². The number of pyridine rings is 2. The molecule has 7 heterocycles. The van der Waals surface area contributed by atoms with E-state index >= 15 is 0 Å². The highest BCUT2D eigenvalue weighted by atomic mass is 16.3. The molecule has 0 saturated carbocycles.